The summed E-state index contributed by atoms with van der Waals surface area (Å²) in [6.07, 6.45) is 8.60. The molecule has 2 bridgehead atoms. The van der Waals surface area contributed by atoms with Crippen molar-refractivity contribution in [1.82, 2.24) is 0 Å². The molecule has 0 spiro atoms. The number of hydrogen-bond acceptors (Lipinski definition) is 1. The largest absolute Gasteiger partial charge is 0.493 e. The van der Waals surface area contributed by atoms with Crippen LogP contribution in [-0.4, -0.2) is 18.1 Å². The fourth-order valence-electron chi connectivity index (χ4n) is 9.75. The molecule has 3 fully saturated rings. The fraction of sp³-hybridized carbons (Fsp3) is 0.231. The summed E-state index contributed by atoms with van der Waals surface area (Å²) < 4.78 is 6.38. The molecule has 2 saturated carbocycles. The maximum atomic E-state index is 6.38. The number of rotatable bonds is 7. The van der Waals surface area contributed by atoms with Crippen LogP contribution >= 0.6 is 0 Å². The van der Waals surface area contributed by atoms with Gasteiger partial charge in [0.2, 0.25) is 0 Å². The third-order valence-corrected chi connectivity index (χ3v) is 17.4. The van der Waals surface area contributed by atoms with Crippen molar-refractivity contribution in [2.75, 3.05) is 18.1 Å². The number of fused-ring (bicyclic) bond motifs is 6. The molecule has 0 N–H and O–H groups in total. The van der Waals surface area contributed by atoms with Crippen LogP contribution in [0.3, 0.4) is 0 Å². The van der Waals surface area contributed by atoms with Crippen LogP contribution in [0.25, 0.3) is 43.1 Å². The molecule has 1 saturated heterocycles. The molecule has 272 valence electrons. The minimum absolute atomic E-state index is 0.238. The highest BCUT2D eigenvalue weighted by atomic mass is 32.2. The Kier molecular flexibility index (Phi) is 9.76. The Balaban J connectivity index is 0.000000140. The van der Waals surface area contributed by atoms with Gasteiger partial charge < -0.3 is 4.74 Å². The monoisotopic (exact) mass is 752 g/mol. The second kappa shape index (κ2) is 15.4. The van der Waals surface area contributed by atoms with Crippen molar-refractivity contribution in [3.05, 3.63) is 164 Å². The van der Waals surface area contributed by atoms with Crippen LogP contribution in [0.1, 0.15) is 38.5 Å². The average Bonchev–Trinajstić information content (AvgIpc) is 4.04. The standard InChI is InChI=1S/C30H21S.C22H27OS/c1-4-16-25-22(10-1)13-7-19-28(25)31(29-20-8-14-23-11-2-5-17-26(23)29)30-21-9-15-24-12-3-6-18-27(24)30;1-2-6-20-19(5-1)21(9-10-22(20)24-11-3-4-12-24)23-15-18-14-16-7-8-17(18)13-16/h1-21H;1-2,5-6,9-10,16-18H,3-4,7-8,11-15H2/q2*+1. The number of benzene rings is 8. The molecule has 3 heteroatoms. The second-order valence-electron chi connectivity index (χ2n) is 15.7. The zero-order valence-corrected chi connectivity index (χ0v) is 33.0. The summed E-state index contributed by atoms with van der Waals surface area (Å²) in [4.78, 5) is 5.72. The van der Waals surface area contributed by atoms with Crippen molar-refractivity contribution in [2.24, 2.45) is 17.8 Å². The van der Waals surface area contributed by atoms with Crippen molar-refractivity contribution >= 4 is 64.9 Å². The van der Waals surface area contributed by atoms with E-state index in [2.05, 4.69) is 164 Å². The van der Waals surface area contributed by atoms with Gasteiger partial charge in [-0.05, 0) is 121 Å². The summed E-state index contributed by atoms with van der Waals surface area (Å²) >= 11 is 0. The molecular weight excluding hydrogens is 705 g/mol. The van der Waals surface area contributed by atoms with Crippen LogP contribution in [0.15, 0.2) is 183 Å². The lowest BCUT2D eigenvalue weighted by Gasteiger charge is -2.22. The summed E-state index contributed by atoms with van der Waals surface area (Å²) in [5, 5.41) is 10.6. The van der Waals surface area contributed by atoms with Crippen LogP contribution < -0.4 is 4.74 Å². The Labute approximate surface area is 331 Å². The summed E-state index contributed by atoms with van der Waals surface area (Å²) in [5.74, 6) is 6.63. The zero-order chi connectivity index (χ0) is 36.6. The molecule has 55 heavy (non-hydrogen) atoms. The first-order chi connectivity index (χ1) is 27.3. The molecule has 8 aromatic rings. The van der Waals surface area contributed by atoms with Gasteiger partial charge in [-0.3, -0.25) is 0 Å². The van der Waals surface area contributed by atoms with Gasteiger partial charge in [-0.2, -0.15) is 0 Å². The highest BCUT2D eigenvalue weighted by Crippen LogP contribution is 2.48. The van der Waals surface area contributed by atoms with Gasteiger partial charge in [0, 0.05) is 37.8 Å². The topological polar surface area (TPSA) is 9.23 Å². The maximum Gasteiger partial charge on any atom is 0.174 e. The highest BCUT2D eigenvalue weighted by molar-refractivity contribution is 7.97. The number of ether oxygens (including phenoxy) is 1. The first-order valence-electron chi connectivity index (χ1n) is 20.3. The Morgan fingerprint density at radius 2 is 0.964 bits per heavy atom. The van der Waals surface area contributed by atoms with Gasteiger partial charge in [0.05, 0.1) is 6.61 Å². The van der Waals surface area contributed by atoms with E-state index in [1.807, 2.05) is 0 Å². The lowest BCUT2D eigenvalue weighted by Crippen LogP contribution is -2.18. The van der Waals surface area contributed by atoms with E-state index in [0.717, 1.165) is 30.1 Å². The van der Waals surface area contributed by atoms with Crippen LogP contribution in [0.4, 0.5) is 0 Å². The molecule has 0 radical (unpaired) electrons. The van der Waals surface area contributed by atoms with Gasteiger partial charge >= 0.3 is 0 Å². The molecule has 1 aliphatic heterocycles. The Morgan fingerprint density at radius 3 is 1.47 bits per heavy atom. The van der Waals surface area contributed by atoms with Crippen molar-refractivity contribution in [3.63, 3.8) is 0 Å². The maximum absolute atomic E-state index is 6.38. The van der Waals surface area contributed by atoms with E-state index in [-0.39, 0.29) is 10.9 Å². The first-order valence-corrected chi connectivity index (χ1v) is 23.1. The van der Waals surface area contributed by atoms with Crippen LogP contribution in [0.2, 0.25) is 0 Å². The molecular formula is C52H48OS2+2. The van der Waals surface area contributed by atoms with E-state index in [9.17, 15) is 0 Å². The van der Waals surface area contributed by atoms with Crippen LogP contribution in [0, 0.1) is 17.8 Å². The summed E-state index contributed by atoms with van der Waals surface area (Å²) in [5.41, 5.74) is 0. The summed E-state index contributed by atoms with van der Waals surface area (Å²) in [6, 6.07) is 60.0. The average molecular weight is 753 g/mol. The lowest BCUT2D eigenvalue weighted by atomic mass is 9.89. The quantitative estimate of drug-likeness (QED) is 0.147. The predicted octanol–water partition coefficient (Wildman–Crippen LogP) is 13.7. The van der Waals surface area contributed by atoms with E-state index in [1.165, 1.54) is 108 Å². The molecule has 0 aromatic heterocycles. The second-order valence-corrected chi connectivity index (χ2v) is 19.9. The molecule has 0 amide bonds. The summed E-state index contributed by atoms with van der Waals surface area (Å²) in [7, 11) is 0.225. The molecule has 1 heterocycles. The minimum Gasteiger partial charge on any atom is -0.493 e. The van der Waals surface area contributed by atoms with Gasteiger partial charge in [0.1, 0.15) is 28.2 Å². The van der Waals surface area contributed by atoms with E-state index in [0.29, 0.717) is 10.9 Å². The van der Waals surface area contributed by atoms with Crippen molar-refractivity contribution in [2.45, 2.75) is 58.1 Å². The smallest absolute Gasteiger partial charge is 0.174 e. The number of hydrogen-bond donors (Lipinski definition) is 0. The van der Waals surface area contributed by atoms with Gasteiger partial charge in [-0.15, -0.1) is 0 Å². The Morgan fingerprint density at radius 1 is 0.473 bits per heavy atom. The van der Waals surface area contributed by atoms with E-state index >= 15 is 0 Å². The SMILES string of the molecule is c1ccc2c([S+](c3cccc4ccccc34)c3cccc4ccccc34)cccc2c1.c1ccc2c([S+]3CCCC3)ccc(OCC3CC4CCC3C4)c2c1. The molecule has 3 aliphatic rings. The van der Waals surface area contributed by atoms with Gasteiger partial charge in [-0.1, -0.05) is 116 Å². The van der Waals surface area contributed by atoms with Gasteiger partial charge in [0.25, 0.3) is 0 Å². The first kappa shape index (κ1) is 34.8. The molecule has 3 atom stereocenters. The van der Waals surface area contributed by atoms with Crippen molar-refractivity contribution in [1.29, 1.82) is 0 Å². The Hall–Kier alpha value is -4.70. The van der Waals surface area contributed by atoms with E-state index in [1.54, 1.807) is 4.90 Å². The van der Waals surface area contributed by atoms with Crippen LogP contribution in [0.5, 0.6) is 5.75 Å². The van der Waals surface area contributed by atoms with Crippen LogP contribution in [-0.2, 0) is 21.8 Å². The highest BCUT2D eigenvalue weighted by Gasteiger charge is 2.40. The molecule has 3 unspecified atom stereocenters. The van der Waals surface area contributed by atoms with Crippen molar-refractivity contribution < 1.29 is 4.74 Å². The summed E-state index contributed by atoms with van der Waals surface area (Å²) in [6.45, 7) is 0.927. The molecule has 2 aliphatic carbocycles. The Bertz CT molecular complexity index is 2420. The minimum atomic E-state index is -0.238. The van der Waals surface area contributed by atoms with Crippen molar-refractivity contribution in [3.8, 4) is 5.75 Å². The predicted molar refractivity (Wildman–Crippen MR) is 237 cm³/mol. The third-order valence-electron chi connectivity index (χ3n) is 12.4. The fourth-order valence-corrected chi connectivity index (χ4v) is 14.8. The lowest BCUT2D eigenvalue weighted by molar-refractivity contribution is 0.197. The zero-order valence-electron chi connectivity index (χ0n) is 31.4. The molecule has 1 nitrogen and oxygen atoms in total. The van der Waals surface area contributed by atoms with E-state index in [4.69, 9.17) is 4.74 Å². The van der Waals surface area contributed by atoms with E-state index < -0.39 is 0 Å². The van der Waals surface area contributed by atoms with Gasteiger partial charge in [0.15, 0.2) is 19.6 Å². The molecule has 8 aromatic carbocycles. The molecule has 11 rings (SSSR count). The normalized spacial score (nSPS) is 19.4. The third kappa shape index (κ3) is 6.81. The van der Waals surface area contributed by atoms with Gasteiger partial charge in [-0.25, -0.2) is 0 Å².